The van der Waals surface area contributed by atoms with Crippen molar-refractivity contribution in [2.24, 2.45) is 13.0 Å². The van der Waals surface area contributed by atoms with E-state index >= 15 is 0 Å². The van der Waals surface area contributed by atoms with Crippen LogP contribution in [0.1, 0.15) is 18.2 Å². The maximum atomic E-state index is 13.3. The first-order chi connectivity index (χ1) is 13.6. The van der Waals surface area contributed by atoms with Gasteiger partial charge >= 0.3 is 0 Å². The Morgan fingerprint density at radius 1 is 1.14 bits per heavy atom. The summed E-state index contributed by atoms with van der Waals surface area (Å²) in [5, 5.41) is 6.35. The molecular formula is C22H21N3O3. The summed E-state index contributed by atoms with van der Waals surface area (Å²) in [6, 6.07) is 15.8. The number of hydrogen-bond donors (Lipinski definition) is 0. The lowest BCUT2D eigenvalue weighted by molar-refractivity contribution is -0.123. The Labute approximate surface area is 162 Å². The molecule has 0 unspecified atom stereocenters. The predicted molar refractivity (Wildman–Crippen MR) is 107 cm³/mol. The summed E-state index contributed by atoms with van der Waals surface area (Å²) >= 11 is 0. The minimum absolute atomic E-state index is 0.0409. The zero-order chi connectivity index (χ0) is 19.3. The van der Waals surface area contributed by atoms with Gasteiger partial charge in [0.05, 0.1) is 11.6 Å². The van der Waals surface area contributed by atoms with E-state index in [1.54, 1.807) is 15.8 Å². The highest BCUT2D eigenvalue weighted by molar-refractivity contribution is 6.06. The molecule has 0 bridgehead atoms. The summed E-state index contributed by atoms with van der Waals surface area (Å²) in [5.41, 5.74) is 3.37. The van der Waals surface area contributed by atoms with Crippen molar-refractivity contribution >= 4 is 33.5 Å². The average Bonchev–Trinajstić information content (AvgIpc) is 3.43. The van der Waals surface area contributed by atoms with E-state index in [1.165, 1.54) is 0 Å². The number of para-hydroxylation sites is 1. The molecule has 1 saturated heterocycles. The molecule has 28 heavy (non-hydrogen) atoms. The normalized spacial score (nSPS) is 19.5. The SMILES string of the molecule is CN(C(=O)[C@@H]1CCO[C@H]1c1ccnn1C)c1ccc2c(c1)oc1ccccc12. The van der Waals surface area contributed by atoms with Gasteiger partial charge in [-0.25, -0.2) is 0 Å². The largest absolute Gasteiger partial charge is 0.456 e. The van der Waals surface area contributed by atoms with Gasteiger partial charge < -0.3 is 14.1 Å². The number of benzene rings is 2. The molecule has 2 aromatic heterocycles. The van der Waals surface area contributed by atoms with Crippen LogP contribution >= 0.6 is 0 Å². The fourth-order valence-corrected chi connectivity index (χ4v) is 4.10. The van der Waals surface area contributed by atoms with E-state index in [9.17, 15) is 4.79 Å². The molecule has 1 amide bonds. The van der Waals surface area contributed by atoms with Crippen molar-refractivity contribution in [3.8, 4) is 0 Å². The van der Waals surface area contributed by atoms with Crippen molar-refractivity contribution in [1.29, 1.82) is 0 Å². The van der Waals surface area contributed by atoms with E-state index < -0.39 is 0 Å². The molecule has 1 aliphatic rings. The first kappa shape index (κ1) is 17.0. The summed E-state index contributed by atoms with van der Waals surface area (Å²) in [7, 11) is 3.68. The predicted octanol–water partition coefficient (Wildman–Crippen LogP) is 4.06. The van der Waals surface area contributed by atoms with Crippen LogP contribution in [0.4, 0.5) is 5.69 Å². The second-order valence-corrected chi connectivity index (χ2v) is 7.24. The molecule has 1 fully saturated rings. The van der Waals surface area contributed by atoms with Gasteiger partial charge in [0.25, 0.3) is 0 Å². The third-order valence-electron chi connectivity index (χ3n) is 5.64. The topological polar surface area (TPSA) is 60.5 Å². The smallest absolute Gasteiger partial charge is 0.232 e. The van der Waals surface area contributed by atoms with E-state index in [1.807, 2.05) is 62.6 Å². The Hall–Kier alpha value is -3.12. The molecule has 0 spiro atoms. The first-order valence-electron chi connectivity index (χ1n) is 9.42. The number of aromatic nitrogens is 2. The Morgan fingerprint density at radius 3 is 2.79 bits per heavy atom. The Balaban J connectivity index is 1.46. The number of nitrogens with zero attached hydrogens (tertiary/aromatic N) is 3. The zero-order valence-corrected chi connectivity index (χ0v) is 15.8. The summed E-state index contributed by atoms with van der Waals surface area (Å²) in [6.07, 6.45) is 2.17. The number of ether oxygens (including phenoxy) is 1. The van der Waals surface area contributed by atoms with E-state index in [0.717, 1.165) is 33.3 Å². The Morgan fingerprint density at radius 2 is 1.96 bits per heavy atom. The zero-order valence-electron chi connectivity index (χ0n) is 15.8. The van der Waals surface area contributed by atoms with Crippen LogP contribution in [-0.2, 0) is 16.6 Å². The lowest BCUT2D eigenvalue weighted by Crippen LogP contribution is -2.34. The summed E-state index contributed by atoms with van der Waals surface area (Å²) < 4.78 is 13.6. The molecule has 2 atom stereocenters. The van der Waals surface area contributed by atoms with E-state index in [-0.39, 0.29) is 17.9 Å². The van der Waals surface area contributed by atoms with Crippen molar-refractivity contribution in [3.05, 3.63) is 60.4 Å². The van der Waals surface area contributed by atoms with Crippen molar-refractivity contribution < 1.29 is 13.9 Å². The Kier molecular flexibility index (Phi) is 3.94. The van der Waals surface area contributed by atoms with E-state index in [0.29, 0.717) is 13.0 Å². The number of hydrogen-bond acceptors (Lipinski definition) is 4. The number of amides is 1. The van der Waals surface area contributed by atoms with E-state index in [4.69, 9.17) is 9.15 Å². The second kappa shape index (κ2) is 6.49. The van der Waals surface area contributed by atoms with Gasteiger partial charge in [0, 0.05) is 49.4 Å². The number of anilines is 1. The summed E-state index contributed by atoms with van der Waals surface area (Å²) in [5.74, 6) is -0.189. The number of fused-ring (bicyclic) bond motifs is 3. The second-order valence-electron chi connectivity index (χ2n) is 7.24. The quantitative estimate of drug-likeness (QED) is 0.542. The van der Waals surface area contributed by atoms with Gasteiger partial charge in [-0.15, -0.1) is 0 Å². The molecule has 0 N–H and O–H groups in total. The molecule has 0 saturated carbocycles. The number of aryl methyl sites for hydroxylation is 1. The molecule has 2 aromatic carbocycles. The number of carbonyl (C=O) groups excluding carboxylic acids is 1. The van der Waals surface area contributed by atoms with Gasteiger partial charge in [0.1, 0.15) is 17.3 Å². The highest BCUT2D eigenvalue weighted by Crippen LogP contribution is 2.37. The molecule has 0 aliphatic carbocycles. The van der Waals surface area contributed by atoms with Gasteiger partial charge in [-0.1, -0.05) is 18.2 Å². The van der Waals surface area contributed by atoms with Crippen LogP contribution in [0.3, 0.4) is 0 Å². The minimum Gasteiger partial charge on any atom is -0.456 e. The maximum absolute atomic E-state index is 13.3. The van der Waals surface area contributed by atoms with Gasteiger partial charge in [0.2, 0.25) is 5.91 Å². The van der Waals surface area contributed by atoms with Crippen LogP contribution < -0.4 is 4.90 Å². The molecule has 0 radical (unpaired) electrons. The molecule has 6 heteroatoms. The van der Waals surface area contributed by atoms with Gasteiger partial charge in [-0.2, -0.15) is 5.10 Å². The highest BCUT2D eigenvalue weighted by Gasteiger charge is 2.38. The lowest BCUT2D eigenvalue weighted by atomic mass is 9.97. The molecule has 142 valence electrons. The van der Waals surface area contributed by atoms with Crippen LogP contribution in [0, 0.1) is 5.92 Å². The fraction of sp³-hybridized carbons (Fsp3) is 0.273. The van der Waals surface area contributed by atoms with Crippen molar-refractivity contribution in [1.82, 2.24) is 9.78 Å². The average molecular weight is 375 g/mol. The lowest BCUT2D eigenvalue weighted by Gasteiger charge is -2.24. The van der Waals surface area contributed by atoms with Crippen LogP contribution in [-0.4, -0.2) is 29.3 Å². The molecule has 4 aromatic rings. The minimum atomic E-state index is -0.266. The third-order valence-corrected chi connectivity index (χ3v) is 5.64. The van der Waals surface area contributed by atoms with Crippen LogP contribution in [0.15, 0.2) is 59.1 Å². The molecule has 5 rings (SSSR count). The van der Waals surface area contributed by atoms with Crippen molar-refractivity contribution in [3.63, 3.8) is 0 Å². The first-order valence-corrected chi connectivity index (χ1v) is 9.42. The maximum Gasteiger partial charge on any atom is 0.232 e. The third kappa shape index (κ3) is 2.60. The van der Waals surface area contributed by atoms with Gasteiger partial charge in [-0.3, -0.25) is 9.48 Å². The van der Waals surface area contributed by atoms with Gasteiger partial charge in [0.15, 0.2) is 0 Å². The molecule has 6 nitrogen and oxygen atoms in total. The van der Waals surface area contributed by atoms with Crippen molar-refractivity contribution in [2.45, 2.75) is 12.5 Å². The van der Waals surface area contributed by atoms with Gasteiger partial charge in [-0.05, 0) is 30.7 Å². The molecular weight excluding hydrogens is 354 g/mol. The van der Waals surface area contributed by atoms with Crippen LogP contribution in [0.25, 0.3) is 21.9 Å². The summed E-state index contributed by atoms with van der Waals surface area (Å²) in [6.45, 7) is 0.572. The van der Waals surface area contributed by atoms with Crippen LogP contribution in [0.2, 0.25) is 0 Å². The summed E-state index contributed by atoms with van der Waals surface area (Å²) in [4.78, 5) is 15.0. The Bertz CT molecular complexity index is 1180. The number of furan rings is 1. The number of carbonyl (C=O) groups is 1. The highest BCUT2D eigenvalue weighted by atomic mass is 16.5. The fourth-order valence-electron chi connectivity index (χ4n) is 4.10. The monoisotopic (exact) mass is 375 g/mol. The van der Waals surface area contributed by atoms with Crippen LogP contribution in [0.5, 0.6) is 0 Å². The molecule has 3 heterocycles. The number of rotatable bonds is 3. The molecule has 1 aliphatic heterocycles. The standard InChI is InChI=1S/C22H21N3O3/c1-24(22(26)17-10-12-27-21(17)18-9-11-23-25(18)2)14-7-8-16-15-5-3-4-6-19(15)28-20(16)13-14/h3-9,11,13,17,21H,10,12H2,1-2H3/t17-,21-/m1/s1. The van der Waals surface area contributed by atoms with Crippen molar-refractivity contribution in [2.75, 3.05) is 18.6 Å². The van der Waals surface area contributed by atoms with E-state index in [2.05, 4.69) is 5.10 Å².